The quantitative estimate of drug-likeness (QED) is 0.850. The van der Waals surface area contributed by atoms with Gasteiger partial charge >= 0.3 is 0 Å². The Labute approximate surface area is 110 Å². The lowest BCUT2D eigenvalue weighted by molar-refractivity contribution is 0.0764. The van der Waals surface area contributed by atoms with E-state index in [1.165, 1.54) is 0 Å². The first-order valence-corrected chi connectivity index (χ1v) is 6.16. The maximum atomic E-state index is 12.1. The average Bonchev–Trinajstić information content (AvgIpc) is 3.09. The summed E-state index contributed by atoms with van der Waals surface area (Å²) in [7, 11) is 0. The van der Waals surface area contributed by atoms with Crippen LogP contribution in [-0.4, -0.2) is 49.6 Å². The maximum absolute atomic E-state index is 12.1. The van der Waals surface area contributed by atoms with Crippen molar-refractivity contribution >= 4 is 5.91 Å². The fourth-order valence-corrected chi connectivity index (χ4v) is 2.17. The number of likely N-dealkylation sites (tertiary alicyclic amines) is 1. The molecule has 1 N–H and O–H groups in total. The first-order valence-electron chi connectivity index (χ1n) is 6.16. The third kappa shape index (κ3) is 2.34. The molecule has 98 valence electrons. The van der Waals surface area contributed by atoms with Gasteiger partial charge in [0.15, 0.2) is 0 Å². The summed E-state index contributed by atoms with van der Waals surface area (Å²) in [6.45, 7) is 1.01. The molecule has 1 aliphatic rings. The van der Waals surface area contributed by atoms with Gasteiger partial charge in [0.05, 0.1) is 11.7 Å². The van der Waals surface area contributed by atoms with Crippen molar-refractivity contribution < 1.29 is 9.90 Å². The van der Waals surface area contributed by atoms with Crippen molar-refractivity contribution in [3.63, 3.8) is 0 Å². The number of hydrogen-bond acceptors (Lipinski definition) is 4. The van der Waals surface area contributed by atoms with Crippen LogP contribution >= 0.6 is 0 Å². The second-order valence-electron chi connectivity index (χ2n) is 4.57. The van der Waals surface area contributed by atoms with Gasteiger partial charge in [-0.3, -0.25) is 9.36 Å². The fraction of sp³-hybridized carbons (Fsp3) is 0.308. The molecular weight excluding hydrogens is 244 g/mol. The first-order chi connectivity index (χ1) is 9.24. The van der Waals surface area contributed by atoms with Gasteiger partial charge in [-0.15, -0.1) is 0 Å². The summed E-state index contributed by atoms with van der Waals surface area (Å²) < 4.78 is 1.77. The topological polar surface area (TPSA) is 71.2 Å². The molecule has 0 spiro atoms. The molecule has 3 rings (SSSR count). The Morgan fingerprint density at radius 2 is 2.32 bits per heavy atom. The molecule has 0 radical (unpaired) electrons. The average molecular weight is 258 g/mol. The molecule has 6 nitrogen and oxygen atoms in total. The number of nitrogens with zero attached hydrogens (tertiary/aromatic N) is 4. The number of aliphatic hydroxyl groups excluding tert-OH is 1. The summed E-state index contributed by atoms with van der Waals surface area (Å²) in [5.41, 5.74) is 0.540. The van der Waals surface area contributed by atoms with Crippen molar-refractivity contribution in [3.05, 3.63) is 42.6 Å². The van der Waals surface area contributed by atoms with Gasteiger partial charge in [0, 0.05) is 31.7 Å². The van der Waals surface area contributed by atoms with Gasteiger partial charge in [-0.1, -0.05) is 0 Å². The second kappa shape index (κ2) is 4.81. The molecule has 1 saturated heterocycles. The zero-order valence-electron chi connectivity index (χ0n) is 10.3. The number of rotatable bonds is 2. The van der Waals surface area contributed by atoms with Crippen molar-refractivity contribution in [1.29, 1.82) is 0 Å². The molecule has 2 aromatic heterocycles. The number of carbonyl (C=O) groups is 1. The lowest BCUT2D eigenvalue weighted by Crippen LogP contribution is -2.29. The normalized spacial score (nSPS) is 18.8. The van der Waals surface area contributed by atoms with Gasteiger partial charge in [0.2, 0.25) is 0 Å². The van der Waals surface area contributed by atoms with Gasteiger partial charge in [0.25, 0.3) is 5.91 Å². The van der Waals surface area contributed by atoms with Crippen LogP contribution in [0.15, 0.2) is 37.1 Å². The summed E-state index contributed by atoms with van der Waals surface area (Å²) in [4.78, 5) is 22.0. The van der Waals surface area contributed by atoms with Crippen molar-refractivity contribution in [3.8, 4) is 5.82 Å². The van der Waals surface area contributed by atoms with E-state index >= 15 is 0 Å². The largest absolute Gasteiger partial charge is 0.391 e. The lowest BCUT2D eigenvalue weighted by atomic mass is 10.2. The third-order valence-corrected chi connectivity index (χ3v) is 3.21. The highest BCUT2D eigenvalue weighted by Crippen LogP contribution is 2.14. The lowest BCUT2D eigenvalue weighted by Gasteiger charge is -2.15. The number of carbonyl (C=O) groups excluding carboxylic acids is 1. The van der Waals surface area contributed by atoms with Crippen molar-refractivity contribution in [2.24, 2.45) is 0 Å². The van der Waals surface area contributed by atoms with Crippen molar-refractivity contribution in [1.82, 2.24) is 19.4 Å². The highest BCUT2D eigenvalue weighted by atomic mass is 16.3. The molecule has 1 aliphatic heterocycles. The predicted molar refractivity (Wildman–Crippen MR) is 67.9 cm³/mol. The molecule has 1 fully saturated rings. The van der Waals surface area contributed by atoms with Gasteiger partial charge in [-0.25, -0.2) is 9.97 Å². The van der Waals surface area contributed by atoms with Crippen LogP contribution in [0.3, 0.4) is 0 Å². The Kier molecular flexibility index (Phi) is 3.00. The summed E-state index contributed by atoms with van der Waals surface area (Å²) in [6.07, 6.45) is 6.92. The minimum Gasteiger partial charge on any atom is -0.391 e. The minimum atomic E-state index is -0.401. The second-order valence-corrected chi connectivity index (χ2v) is 4.57. The smallest absolute Gasteiger partial charge is 0.255 e. The molecular formula is C13H14N4O2. The van der Waals surface area contributed by atoms with E-state index in [1.807, 2.05) is 0 Å². The Morgan fingerprint density at radius 1 is 1.42 bits per heavy atom. The minimum absolute atomic E-state index is 0.0822. The maximum Gasteiger partial charge on any atom is 0.255 e. The van der Waals surface area contributed by atoms with Crippen LogP contribution in [0.25, 0.3) is 5.82 Å². The number of aliphatic hydroxyl groups is 1. The zero-order chi connectivity index (χ0) is 13.2. The van der Waals surface area contributed by atoms with E-state index in [9.17, 15) is 9.90 Å². The number of β-amino-alcohol motifs (C(OH)–C–C–N with tert-alkyl or cyclic N) is 1. The van der Waals surface area contributed by atoms with Crippen molar-refractivity contribution in [2.75, 3.05) is 13.1 Å². The summed E-state index contributed by atoms with van der Waals surface area (Å²) in [5, 5.41) is 9.44. The Balaban J connectivity index is 1.77. The molecule has 2 aromatic rings. The molecule has 0 bridgehead atoms. The first kappa shape index (κ1) is 11.9. The molecule has 19 heavy (non-hydrogen) atoms. The molecule has 6 heteroatoms. The molecule has 0 unspecified atom stereocenters. The van der Waals surface area contributed by atoms with E-state index in [4.69, 9.17) is 0 Å². The predicted octanol–water partition coefficient (Wildman–Crippen LogP) is 0.474. The summed E-state index contributed by atoms with van der Waals surface area (Å²) in [5.74, 6) is 0.636. The van der Waals surface area contributed by atoms with Gasteiger partial charge in [-0.2, -0.15) is 0 Å². The molecule has 0 aromatic carbocycles. The molecule has 0 saturated carbocycles. The van der Waals surface area contributed by atoms with E-state index in [0.717, 1.165) is 5.82 Å². The van der Waals surface area contributed by atoms with Crippen LogP contribution in [0.5, 0.6) is 0 Å². The SMILES string of the molecule is O=C(c1ccc(-n2ccnc2)nc1)N1CC[C@H](O)C1. The molecule has 0 aliphatic carbocycles. The standard InChI is InChI=1S/C13H14N4O2/c18-11-3-5-16(8-11)13(19)10-1-2-12(15-7-10)17-6-4-14-9-17/h1-2,4,6-7,9,11,18H,3,5,8H2/t11-/m0/s1. The van der Waals surface area contributed by atoms with Crippen LogP contribution in [0, 0.1) is 0 Å². The molecule has 1 amide bonds. The van der Waals surface area contributed by atoms with Crippen LogP contribution in [-0.2, 0) is 0 Å². The molecule has 1 atom stereocenters. The highest BCUT2D eigenvalue weighted by molar-refractivity contribution is 5.94. The van der Waals surface area contributed by atoms with Crippen LogP contribution < -0.4 is 0 Å². The number of imidazole rings is 1. The van der Waals surface area contributed by atoms with E-state index in [-0.39, 0.29) is 5.91 Å². The number of amides is 1. The third-order valence-electron chi connectivity index (χ3n) is 3.21. The zero-order valence-corrected chi connectivity index (χ0v) is 10.3. The van der Waals surface area contributed by atoms with Gasteiger partial charge < -0.3 is 10.0 Å². The fourth-order valence-electron chi connectivity index (χ4n) is 2.17. The van der Waals surface area contributed by atoms with E-state index < -0.39 is 6.10 Å². The highest BCUT2D eigenvalue weighted by Gasteiger charge is 2.25. The number of pyridine rings is 1. The van der Waals surface area contributed by atoms with E-state index in [2.05, 4.69) is 9.97 Å². The summed E-state index contributed by atoms with van der Waals surface area (Å²) in [6, 6.07) is 3.52. The summed E-state index contributed by atoms with van der Waals surface area (Å²) >= 11 is 0. The Hall–Kier alpha value is -2.21. The number of hydrogen-bond donors (Lipinski definition) is 1. The number of aromatic nitrogens is 3. The van der Waals surface area contributed by atoms with Crippen LogP contribution in [0.4, 0.5) is 0 Å². The van der Waals surface area contributed by atoms with Crippen LogP contribution in [0.2, 0.25) is 0 Å². The molecule has 3 heterocycles. The van der Waals surface area contributed by atoms with E-state index in [1.54, 1.807) is 46.5 Å². The van der Waals surface area contributed by atoms with Crippen LogP contribution in [0.1, 0.15) is 16.8 Å². The van der Waals surface area contributed by atoms with Crippen molar-refractivity contribution in [2.45, 2.75) is 12.5 Å². The Morgan fingerprint density at radius 3 is 2.89 bits per heavy atom. The van der Waals surface area contributed by atoms with Gasteiger partial charge in [0.1, 0.15) is 12.1 Å². The van der Waals surface area contributed by atoms with E-state index in [0.29, 0.717) is 25.1 Å². The monoisotopic (exact) mass is 258 g/mol. The van der Waals surface area contributed by atoms with Gasteiger partial charge in [-0.05, 0) is 18.6 Å². The Bertz CT molecular complexity index is 565.